The van der Waals surface area contributed by atoms with E-state index in [1.807, 2.05) is 24.3 Å². The summed E-state index contributed by atoms with van der Waals surface area (Å²) >= 11 is 0. The summed E-state index contributed by atoms with van der Waals surface area (Å²) in [5, 5.41) is 0. The fourth-order valence-corrected chi connectivity index (χ4v) is 4.29. The minimum atomic E-state index is 0.307. The van der Waals surface area contributed by atoms with Crippen molar-refractivity contribution < 1.29 is 4.79 Å². The Hall–Kier alpha value is -1.31. The standard InChI is InChI=1S/C18H25NO/c1-12(14-4-6-17(19)7-5-14)8-18(20)11-16-10-13-2-3-15(16)9-13/h4-7,12-13,15-16H,2-3,8-11,19H2,1H3. The first-order valence-electron chi connectivity index (χ1n) is 7.99. The van der Waals surface area contributed by atoms with Crippen molar-refractivity contribution in [1.82, 2.24) is 0 Å². The van der Waals surface area contributed by atoms with Crippen LogP contribution in [0.3, 0.4) is 0 Å². The topological polar surface area (TPSA) is 43.1 Å². The Bertz CT molecular complexity index is 479. The predicted molar refractivity (Wildman–Crippen MR) is 82.4 cm³/mol. The highest BCUT2D eigenvalue weighted by Gasteiger charge is 2.39. The van der Waals surface area contributed by atoms with Crippen molar-refractivity contribution in [2.24, 2.45) is 17.8 Å². The predicted octanol–water partition coefficient (Wildman–Crippen LogP) is 4.16. The van der Waals surface area contributed by atoms with Gasteiger partial charge in [-0.25, -0.2) is 0 Å². The molecule has 0 spiro atoms. The smallest absolute Gasteiger partial charge is 0.133 e. The number of hydrogen-bond donors (Lipinski definition) is 1. The molecule has 2 aliphatic carbocycles. The molecule has 2 fully saturated rings. The maximum absolute atomic E-state index is 12.3. The van der Waals surface area contributed by atoms with Gasteiger partial charge < -0.3 is 5.73 Å². The Balaban J connectivity index is 1.52. The average Bonchev–Trinajstić information content (AvgIpc) is 3.01. The molecule has 3 rings (SSSR count). The lowest BCUT2D eigenvalue weighted by atomic mass is 9.83. The molecule has 0 aromatic heterocycles. The van der Waals surface area contributed by atoms with Crippen LogP contribution in [0.25, 0.3) is 0 Å². The highest BCUT2D eigenvalue weighted by Crippen LogP contribution is 2.49. The summed E-state index contributed by atoms with van der Waals surface area (Å²) in [7, 11) is 0. The van der Waals surface area contributed by atoms with Gasteiger partial charge in [0.05, 0.1) is 0 Å². The highest BCUT2D eigenvalue weighted by atomic mass is 16.1. The first kappa shape index (κ1) is 13.7. The van der Waals surface area contributed by atoms with Crippen molar-refractivity contribution >= 4 is 11.5 Å². The lowest BCUT2D eigenvalue weighted by Crippen LogP contribution is -2.16. The van der Waals surface area contributed by atoms with Crippen molar-refractivity contribution in [3.63, 3.8) is 0 Å². The van der Waals surface area contributed by atoms with Gasteiger partial charge >= 0.3 is 0 Å². The van der Waals surface area contributed by atoms with Gasteiger partial charge in [0.25, 0.3) is 0 Å². The summed E-state index contributed by atoms with van der Waals surface area (Å²) in [6, 6.07) is 7.94. The molecule has 0 amide bonds. The summed E-state index contributed by atoms with van der Waals surface area (Å²) in [6.07, 6.45) is 6.99. The molecule has 1 aromatic carbocycles. The molecule has 2 nitrogen and oxygen atoms in total. The molecule has 4 unspecified atom stereocenters. The van der Waals surface area contributed by atoms with Crippen LogP contribution in [0.5, 0.6) is 0 Å². The normalized spacial score (nSPS) is 29.6. The van der Waals surface area contributed by atoms with Crippen molar-refractivity contribution in [3.05, 3.63) is 29.8 Å². The first-order chi connectivity index (χ1) is 9.61. The number of nitrogen functional groups attached to an aromatic ring is 1. The van der Waals surface area contributed by atoms with Gasteiger partial charge in [0.1, 0.15) is 5.78 Å². The van der Waals surface area contributed by atoms with Crippen molar-refractivity contribution in [3.8, 4) is 0 Å². The molecule has 2 saturated carbocycles. The van der Waals surface area contributed by atoms with E-state index < -0.39 is 0 Å². The van der Waals surface area contributed by atoms with E-state index in [9.17, 15) is 4.79 Å². The van der Waals surface area contributed by atoms with E-state index in [-0.39, 0.29) is 0 Å². The van der Waals surface area contributed by atoms with Gasteiger partial charge in [-0.3, -0.25) is 4.79 Å². The fraction of sp³-hybridized carbons (Fsp3) is 0.611. The molecule has 4 atom stereocenters. The van der Waals surface area contributed by atoms with E-state index in [0.29, 0.717) is 24.0 Å². The van der Waals surface area contributed by atoms with Crippen LogP contribution in [0, 0.1) is 17.8 Å². The van der Waals surface area contributed by atoms with Gasteiger partial charge in [-0.2, -0.15) is 0 Å². The highest BCUT2D eigenvalue weighted by molar-refractivity contribution is 5.79. The summed E-state index contributed by atoms with van der Waals surface area (Å²) in [6.45, 7) is 2.14. The Labute approximate surface area is 121 Å². The molecule has 20 heavy (non-hydrogen) atoms. The Morgan fingerprint density at radius 2 is 2.00 bits per heavy atom. The Kier molecular flexibility index (Phi) is 3.82. The third kappa shape index (κ3) is 2.89. The molecular weight excluding hydrogens is 246 g/mol. The van der Waals surface area contributed by atoms with Crippen LogP contribution in [0.4, 0.5) is 5.69 Å². The minimum Gasteiger partial charge on any atom is -0.399 e. The van der Waals surface area contributed by atoms with Crippen LogP contribution in [0.15, 0.2) is 24.3 Å². The van der Waals surface area contributed by atoms with E-state index in [1.165, 1.54) is 31.2 Å². The third-order valence-electron chi connectivity index (χ3n) is 5.41. The summed E-state index contributed by atoms with van der Waals surface area (Å²) in [5.41, 5.74) is 7.71. The zero-order chi connectivity index (χ0) is 14.1. The molecule has 2 heteroatoms. The largest absolute Gasteiger partial charge is 0.399 e. The second-order valence-corrected chi connectivity index (χ2v) is 6.95. The number of rotatable bonds is 5. The van der Waals surface area contributed by atoms with Crippen molar-refractivity contribution in [2.75, 3.05) is 5.73 Å². The number of fused-ring (bicyclic) bond motifs is 2. The molecule has 2 N–H and O–H groups in total. The van der Waals surface area contributed by atoms with Crippen molar-refractivity contribution in [1.29, 1.82) is 0 Å². The summed E-state index contributed by atoms with van der Waals surface area (Å²) in [5.74, 6) is 3.25. The number of carbonyl (C=O) groups is 1. The van der Waals surface area contributed by atoms with Crippen LogP contribution < -0.4 is 5.73 Å². The number of carbonyl (C=O) groups excluding carboxylic acids is 1. The average molecular weight is 271 g/mol. The van der Waals surface area contributed by atoms with Gasteiger partial charge in [0.15, 0.2) is 0 Å². The zero-order valence-electron chi connectivity index (χ0n) is 12.3. The number of benzene rings is 1. The maximum Gasteiger partial charge on any atom is 0.133 e. The van der Waals surface area contributed by atoms with Crippen LogP contribution in [-0.4, -0.2) is 5.78 Å². The zero-order valence-corrected chi connectivity index (χ0v) is 12.3. The lowest BCUT2D eigenvalue weighted by Gasteiger charge is -2.21. The molecule has 0 radical (unpaired) electrons. The summed E-state index contributed by atoms with van der Waals surface area (Å²) < 4.78 is 0. The van der Waals surface area contributed by atoms with Crippen LogP contribution in [0.2, 0.25) is 0 Å². The molecule has 1 aromatic rings. The Morgan fingerprint density at radius 3 is 2.60 bits per heavy atom. The number of anilines is 1. The van der Waals surface area contributed by atoms with E-state index in [0.717, 1.165) is 23.9 Å². The van der Waals surface area contributed by atoms with Gasteiger partial charge in [-0.1, -0.05) is 25.5 Å². The van der Waals surface area contributed by atoms with E-state index in [2.05, 4.69) is 6.92 Å². The number of hydrogen-bond acceptors (Lipinski definition) is 2. The molecule has 0 saturated heterocycles. The quantitative estimate of drug-likeness (QED) is 0.817. The molecule has 0 heterocycles. The van der Waals surface area contributed by atoms with Gasteiger partial charge in [-0.05, 0) is 60.6 Å². The second kappa shape index (κ2) is 5.59. The number of Topliss-reactive ketones (excluding diaryl/α,β-unsaturated/α-hetero) is 1. The van der Waals surface area contributed by atoms with E-state index in [4.69, 9.17) is 5.73 Å². The molecular formula is C18H25NO. The minimum absolute atomic E-state index is 0.307. The molecule has 108 valence electrons. The molecule has 0 aliphatic heterocycles. The van der Waals surface area contributed by atoms with Crippen LogP contribution in [0.1, 0.15) is 56.9 Å². The summed E-state index contributed by atoms with van der Waals surface area (Å²) in [4.78, 5) is 12.3. The van der Waals surface area contributed by atoms with Crippen molar-refractivity contribution in [2.45, 2.75) is 51.4 Å². The third-order valence-corrected chi connectivity index (χ3v) is 5.41. The Morgan fingerprint density at radius 1 is 1.25 bits per heavy atom. The lowest BCUT2D eigenvalue weighted by molar-refractivity contribution is -0.120. The van der Waals surface area contributed by atoms with E-state index in [1.54, 1.807) is 0 Å². The molecule has 2 bridgehead atoms. The van der Waals surface area contributed by atoms with Crippen LogP contribution >= 0.6 is 0 Å². The monoisotopic (exact) mass is 271 g/mol. The molecule has 2 aliphatic rings. The van der Waals surface area contributed by atoms with Gasteiger partial charge in [0.2, 0.25) is 0 Å². The van der Waals surface area contributed by atoms with Crippen LogP contribution in [-0.2, 0) is 4.79 Å². The fourth-order valence-electron chi connectivity index (χ4n) is 4.29. The number of nitrogens with two attached hydrogens (primary N) is 1. The second-order valence-electron chi connectivity index (χ2n) is 6.95. The van der Waals surface area contributed by atoms with Gasteiger partial charge in [0, 0.05) is 18.5 Å². The maximum atomic E-state index is 12.3. The first-order valence-corrected chi connectivity index (χ1v) is 7.99. The SMILES string of the molecule is CC(CC(=O)CC1CC2CCC1C2)c1ccc(N)cc1. The van der Waals surface area contributed by atoms with Gasteiger partial charge in [-0.15, -0.1) is 0 Å². The number of ketones is 1. The van der Waals surface area contributed by atoms with E-state index >= 15 is 0 Å².